The maximum atomic E-state index is 13.4. The molecule has 0 bridgehead atoms. The van der Waals surface area contributed by atoms with Crippen molar-refractivity contribution in [3.05, 3.63) is 90.5 Å². The fourth-order valence-corrected chi connectivity index (χ4v) is 5.42. The molecule has 25 heavy (non-hydrogen) atoms. The number of carboxylic acid groups (broad SMARTS) is 1. The van der Waals surface area contributed by atoms with E-state index in [-0.39, 0.29) is 0 Å². The molecule has 0 spiro atoms. The highest BCUT2D eigenvalue weighted by Gasteiger charge is 2.35. The zero-order chi connectivity index (χ0) is 17.9. The molecule has 0 aromatic heterocycles. The van der Waals surface area contributed by atoms with Crippen LogP contribution in [0.3, 0.4) is 0 Å². The minimum atomic E-state index is -2.70. The fraction of sp³-hybridized carbons (Fsp3) is 0. The summed E-state index contributed by atoms with van der Waals surface area (Å²) in [6.45, 7) is 0. The van der Waals surface area contributed by atoms with Crippen LogP contribution in [0.1, 0.15) is 0 Å². The van der Waals surface area contributed by atoms with Crippen LogP contribution in [-0.4, -0.2) is 11.3 Å². The molecule has 1 N–H and O–H groups in total. The summed E-state index contributed by atoms with van der Waals surface area (Å²) in [6.07, 6.45) is -1.47. The Balaban J connectivity index is 2.32. The van der Waals surface area contributed by atoms with Gasteiger partial charge in [-0.05, 0) is 71.0 Å². The maximum absolute atomic E-state index is 13.4. The first-order chi connectivity index (χ1) is 12.0. The molecule has 3 rings (SSSR count). The summed E-state index contributed by atoms with van der Waals surface area (Å²) in [7, 11) is -2.70. The van der Waals surface area contributed by atoms with Gasteiger partial charge in [0.25, 0.3) is 0 Å². The van der Waals surface area contributed by atoms with Crippen molar-refractivity contribution in [2.75, 3.05) is 0 Å². The van der Waals surface area contributed by atoms with Gasteiger partial charge in [-0.1, -0.05) is 18.2 Å². The van der Waals surface area contributed by atoms with Gasteiger partial charge in [0, 0.05) is 14.7 Å². The Labute approximate surface area is 145 Å². The van der Waals surface area contributed by atoms with Crippen LogP contribution < -0.4 is 0 Å². The van der Waals surface area contributed by atoms with Crippen LogP contribution in [0.15, 0.2) is 93.5 Å². The monoisotopic (exact) mass is 360 g/mol. The molecule has 6 heteroatoms. The van der Waals surface area contributed by atoms with E-state index in [9.17, 15) is 18.7 Å². The van der Waals surface area contributed by atoms with Gasteiger partial charge < -0.3 is 9.29 Å². The van der Waals surface area contributed by atoms with E-state index in [2.05, 4.69) is 0 Å². The van der Waals surface area contributed by atoms with Crippen molar-refractivity contribution in [3.8, 4) is 0 Å². The highest BCUT2D eigenvalue weighted by molar-refractivity contribution is 8.30. The van der Waals surface area contributed by atoms with Gasteiger partial charge in [0.15, 0.2) is 0 Å². The third kappa shape index (κ3) is 3.34. The van der Waals surface area contributed by atoms with Gasteiger partial charge in [0.2, 0.25) is 0 Å². The maximum Gasteiger partial charge on any atom is 0.517 e. The van der Waals surface area contributed by atoms with Crippen LogP contribution in [0.4, 0.5) is 13.6 Å². The van der Waals surface area contributed by atoms with Crippen molar-refractivity contribution in [1.29, 1.82) is 0 Å². The summed E-state index contributed by atoms with van der Waals surface area (Å²) in [5.41, 5.74) is 0. The molecule has 0 aliphatic heterocycles. The number of halogens is 2. The number of hydrogen-bond acceptors (Lipinski definition) is 2. The molecule has 128 valence electrons. The zero-order valence-corrected chi connectivity index (χ0v) is 13.7. The lowest BCUT2D eigenvalue weighted by Crippen LogP contribution is -2.12. The Hall–Kier alpha value is -2.86. The van der Waals surface area contributed by atoms with Crippen molar-refractivity contribution in [2.45, 2.75) is 14.7 Å². The molecular weight excluding hydrogens is 346 g/mol. The molecule has 0 saturated heterocycles. The quantitative estimate of drug-likeness (QED) is 0.634. The van der Waals surface area contributed by atoms with Gasteiger partial charge in [-0.15, -0.1) is 0 Å². The first-order valence-corrected chi connectivity index (χ1v) is 8.90. The second-order valence-corrected chi connectivity index (χ2v) is 7.82. The fourth-order valence-electron chi connectivity index (χ4n) is 2.52. The predicted octanol–water partition coefficient (Wildman–Crippen LogP) is 5.86. The second-order valence-electron chi connectivity index (χ2n) is 5.13. The van der Waals surface area contributed by atoms with Crippen molar-refractivity contribution >= 4 is 16.5 Å². The normalized spacial score (nSPS) is 11.8. The van der Waals surface area contributed by atoms with Crippen molar-refractivity contribution in [1.82, 2.24) is 0 Å². The Morgan fingerprint density at radius 3 is 1.52 bits per heavy atom. The highest BCUT2D eigenvalue weighted by atomic mass is 32.3. The predicted molar refractivity (Wildman–Crippen MR) is 90.7 cm³/mol. The summed E-state index contributed by atoms with van der Waals surface area (Å²) in [6, 6.07) is 19.7. The molecular formula is C19H14F2O3S. The third-order valence-corrected chi connectivity index (χ3v) is 6.76. The minimum Gasteiger partial charge on any atom is -0.449 e. The highest BCUT2D eigenvalue weighted by Crippen LogP contribution is 2.69. The Bertz CT molecular complexity index is 820. The van der Waals surface area contributed by atoms with E-state index >= 15 is 0 Å². The summed E-state index contributed by atoms with van der Waals surface area (Å²) < 4.78 is 32.2. The Morgan fingerprint density at radius 2 is 1.12 bits per heavy atom. The molecule has 0 amide bonds. The summed E-state index contributed by atoms with van der Waals surface area (Å²) in [4.78, 5) is 13.1. The van der Waals surface area contributed by atoms with Gasteiger partial charge in [-0.3, -0.25) is 0 Å². The summed E-state index contributed by atoms with van der Waals surface area (Å²) >= 11 is 0. The van der Waals surface area contributed by atoms with Gasteiger partial charge in [-0.25, -0.2) is 13.6 Å². The van der Waals surface area contributed by atoms with E-state index < -0.39 is 28.1 Å². The Kier molecular flexibility index (Phi) is 4.72. The number of benzene rings is 3. The molecule has 0 heterocycles. The molecule has 0 aliphatic rings. The van der Waals surface area contributed by atoms with Crippen molar-refractivity contribution in [3.63, 3.8) is 0 Å². The number of rotatable bonds is 4. The van der Waals surface area contributed by atoms with Crippen LogP contribution in [0.25, 0.3) is 0 Å². The molecule has 0 atom stereocenters. The third-order valence-electron chi connectivity index (χ3n) is 3.56. The number of hydrogen-bond donors (Lipinski definition) is 1. The van der Waals surface area contributed by atoms with E-state index in [1.807, 2.05) is 0 Å². The number of carbonyl (C=O) groups is 1. The lowest BCUT2D eigenvalue weighted by molar-refractivity contribution is 0.150. The lowest BCUT2D eigenvalue weighted by Gasteiger charge is -2.38. The summed E-state index contributed by atoms with van der Waals surface area (Å²) in [5, 5.41) is 9.39. The molecule has 0 unspecified atom stereocenters. The van der Waals surface area contributed by atoms with E-state index in [4.69, 9.17) is 4.18 Å². The zero-order valence-electron chi connectivity index (χ0n) is 12.9. The molecule has 3 aromatic carbocycles. The van der Waals surface area contributed by atoms with Gasteiger partial charge in [0.05, 0.1) is 0 Å². The van der Waals surface area contributed by atoms with E-state index in [0.29, 0.717) is 14.7 Å². The van der Waals surface area contributed by atoms with Crippen LogP contribution in [0.5, 0.6) is 0 Å². The largest absolute Gasteiger partial charge is 0.517 e. The minimum absolute atomic E-state index is 0.445. The summed E-state index contributed by atoms with van der Waals surface area (Å²) in [5.74, 6) is -0.890. The average molecular weight is 360 g/mol. The standard InChI is InChI=1S/C19H14F2O3S/c20-14-6-10-17(11-7-14)25(24-19(22)23,16-4-2-1-3-5-16)18-12-8-15(21)9-13-18/h1-13H,(H,22,23). The van der Waals surface area contributed by atoms with Crippen LogP contribution >= 0.6 is 10.3 Å². The lowest BCUT2D eigenvalue weighted by atomic mass is 10.3. The van der Waals surface area contributed by atoms with E-state index in [1.165, 1.54) is 48.5 Å². The van der Waals surface area contributed by atoms with Crippen LogP contribution in [-0.2, 0) is 4.18 Å². The molecule has 0 saturated carbocycles. The smallest absolute Gasteiger partial charge is 0.449 e. The Morgan fingerprint density at radius 1 is 0.720 bits per heavy atom. The molecule has 3 nitrogen and oxygen atoms in total. The molecule has 3 aromatic rings. The van der Waals surface area contributed by atoms with E-state index in [0.717, 1.165) is 0 Å². The van der Waals surface area contributed by atoms with E-state index in [1.54, 1.807) is 30.3 Å². The first-order valence-electron chi connectivity index (χ1n) is 7.34. The average Bonchev–Trinajstić information content (AvgIpc) is 2.62. The van der Waals surface area contributed by atoms with Gasteiger partial charge >= 0.3 is 6.16 Å². The van der Waals surface area contributed by atoms with Crippen LogP contribution in [0, 0.1) is 11.6 Å². The SMILES string of the molecule is O=C(O)OS(c1ccccc1)(c1ccc(F)cc1)c1ccc(F)cc1. The van der Waals surface area contributed by atoms with Crippen molar-refractivity contribution < 1.29 is 22.9 Å². The first kappa shape index (κ1) is 17.0. The molecule has 0 aliphatic carbocycles. The topological polar surface area (TPSA) is 46.5 Å². The van der Waals surface area contributed by atoms with Crippen LogP contribution in [0.2, 0.25) is 0 Å². The van der Waals surface area contributed by atoms with Gasteiger partial charge in [0.1, 0.15) is 11.6 Å². The second kappa shape index (κ2) is 6.94. The molecule has 0 radical (unpaired) electrons. The van der Waals surface area contributed by atoms with Gasteiger partial charge in [-0.2, -0.15) is 0 Å². The molecule has 0 fully saturated rings. The van der Waals surface area contributed by atoms with Crippen molar-refractivity contribution in [2.24, 2.45) is 0 Å².